The van der Waals surface area contributed by atoms with Crippen LogP contribution < -0.4 is 19.1 Å². The lowest BCUT2D eigenvalue weighted by Gasteiger charge is -2.36. The van der Waals surface area contributed by atoms with Crippen LogP contribution in [0.4, 0.5) is 5.69 Å². The van der Waals surface area contributed by atoms with Gasteiger partial charge in [0.05, 0.1) is 32.0 Å². The Bertz CT molecular complexity index is 892. The summed E-state index contributed by atoms with van der Waals surface area (Å²) in [6.45, 7) is 2.75. The lowest BCUT2D eigenvalue weighted by atomic mass is 10.1. The van der Waals surface area contributed by atoms with Gasteiger partial charge in [0, 0.05) is 43.9 Å². The largest absolute Gasteiger partial charge is 0.496 e. The molecule has 2 aromatic rings. The van der Waals surface area contributed by atoms with E-state index in [9.17, 15) is 4.79 Å². The summed E-state index contributed by atoms with van der Waals surface area (Å²) < 4.78 is 16.0. The van der Waals surface area contributed by atoms with Crippen LogP contribution in [0.1, 0.15) is 5.56 Å². The highest BCUT2D eigenvalue weighted by atomic mass is 35.5. The van der Waals surface area contributed by atoms with Gasteiger partial charge in [-0.25, -0.2) is 0 Å². The molecule has 0 radical (unpaired) electrons. The number of anilines is 1. The number of ether oxygens (including phenoxy) is 3. The smallest absolute Gasteiger partial charge is 0.246 e. The summed E-state index contributed by atoms with van der Waals surface area (Å²) in [6.07, 6.45) is 3.30. The molecule has 1 aliphatic heterocycles. The number of hydrogen-bond acceptors (Lipinski definition) is 5. The average Bonchev–Trinajstić information content (AvgIpc) is 2.77. The van der Waals surface area contributed by atoms with Gasteiger partial charge < -0.3 is 24.0 Å². The van der Waals surface area contributed by atoms with Crippen molar-refractivity contribution in [2.75, 3.05) is 52.4 Å². The third-order valence-electron chi connectivity index (χ3n) is 4.93. The van der Waals surface area contributed by atoms with Crippen LogP contribution in [-0.4, -0.2) is 58.3 Å². The normalized spacial score (nSPS) is 14.2. The predicted molar refractivity (Wildman–Crippen MR) is 115 cm³/mol. The first-order chi connectivity index (χ1) is 14.1. The van der Waals surface area contributed by atoms with Crippen molar-refractivity contribution < 1.29 is 19.0 Å². The molecule has 0 aliphatic carbocycles. The first-order valence-electron chi connectivity index (χ1n) is 9.34. The molecule has 154 valence electrons. The van der Waals surface area contributed by atoms with E-state index in [0.29, 0.717) is 30.3 Å². The fraction of sp³-hybridized carbons (Fsp3) is 0.318. The van der Waals surface area contributed by atoms with Crippen molar-refractivity contribution in [1.29, 1.82) is 0 Å². The molecular weight excluding hydrogens is 392 g/mol. The standard InChI is InChI=1S/C22H25ClN2O4/c1-27-19-15-21(29-3)20(28-2)14-16(19)8-9-22(26)25-12-10-24(11-13-25)18-7-5-4-6-17(18)23/h4-9,14-15H,10-13H2,1-3H3/b9-8+. The van der Waals surface area contributed by atoms with Crippen LogP contribution in [-0.2, 0) is 4.79 Å². The monoisotopic (exact) mass is 416 g/mol. The Morgan fingerprint density at radius 2 is 1.55 bits per heavy atom. The fourth-order valence-electron chi connectivity index (χ4n) is 3.33. The highest BCUT2D eigenvalue weighted by Gasteiger charge is 2.21. The van der Waals surface area contributed by atoms with Gasteiger partial charge >= 0.3 is 0 Å². The summed E-state index contributed by atoms with van der Waals surface area (Å²) in [5.41, 5.74) is 1.75. The second-order valence-corrected chi connectivity index (χ2v) is 6.95. The van der Waals surface area contributed by atoms with E-state index in [-0.39, 0.29) is 5.91 Å². The third-order valence-corrected chi connectivity index (χ3v) is 5.25. The maximum atomic E-state index is 12.7. The molecule has 7 heteroatoms. The zero-order valence-electron chi connectivity index (χ0n) is 16.9. The van der Waals surface area contributed by atoms with Gasteiger partial charge in [-0.15, -0.1) is 0 Å². The van der Waals surface area contributed by atoms with Crippen LogP contribution in [0.5, 0.6) is 17.2 Å². The van der Waals surface area contributed by atoms with Gasteiger partial charge in [-0.05, 0) is 24.3 Å². The van der Waals surface area contributed by atoms with Crippen LogP contribution >= 0.6 is 11.6 Å². The molecule has 0 atom stereocenters. The molecule has 1 saturated heterocycles. The molecule has 1 amide bonds. The predicted octanol–water partition coefficient (Wildman–Crippen LogP) is 3.73. The number of nitrogens with zero attached hydrogens (tertiary/aromatic N) is 2. The van der Waals surface area contributed by atoms with Crippen molar-refractivity contribution in [3.63, 3.8) is 0 Å². The van der Waals surface area contributed by atoms with E-state index < -0.39 is 0 Å². The Kier molecular flexibility index (Phi) is 6.88. The number of para-hydroxylation sites is 1. The summed E-state index contributed by atoms with van der Waals surface area (Å²) in [5, 5.41) is 0.729. The third kappa shape index (κ3) is 4.77. The molecule has 2 aromatic carbocycles. The van der Waals surface area contributed by atoms with E-state index in [1.165, 1.54) is 0 Å². The highest BCUT2D eigenvalue weighted by molar-refractivity contribution is 6.33. The maximum Gasteiger partial charge on any atom is 0.246 e. The van der Waals surface area contributed by atoms with Crippen LogP contribution in [0.2, 0.25) is 5.02 Å². The van der Waals surface area contributed by atoms with E-state index in [4.69, 9.17) is 25.8 Å². The molecule has 6 nitrogen and oxygen atoms in total. The Balaban J connectivity index is 1.67. The highest BCUT2D eigenvalue weighted by Crippen LogP contribution is 2.35. The van der Waals surface area contributed by atoms with E-state index in [2.05, 4.69) is 4.90 Å². The summed E-state index contributed by atoms with van der Waals surface area (Å²) in [6, 6.07) is 11.3. The van der Waals surface area contributed by atoms with Crippen LogP contribution in [0.25, 0.3) is 6.08 Å². The lowest BCUT2D eigenvalue weighted by molar-refractivity contribution is -0.126. The number of hydrogen-bond donors (Lipinski definition) is 0. The molecule has 1 heterocycles. The van der Waals surface area contributed by atoms with Crippen molar-refractivity contribution in [2.24, 2.45) is 0 Å². The number of carbonyl (C=O) groups is 1. The summed E-state index contributed by atoms with van der Waals surface area (Å²) in [5.74, 6) is 1.72. The summed E-state index contributed by atoms with van der Waals surface area (Å²) in [4.78, 5) is 16.7. The second kappa shape index (κ2) is 9.56. The number of benzene rings is 2. The van der Waals surface area contributed by atoms with Crippen LogP contribution in [0, 0.1) is 0 Å². The molecule has 1 fully saturated rings. The summed E-state index contributed by atoms with van der Waals surface area (Å²) in [7, 11) is 4.72. The van der Waals surface area contributed by atoms with Gasteiger partial charge in [0.2, 0.25) is 5.91 Å². The molecule has 1 aliphatic rings. The summed E-state index contributed by atoms with van der Waals surface area (Å²) >= 11 is 6.28. The quantitative estimate of drug-likeness (QED) is 0.671. The SMILES string of the molecule is COc1cc(OC)c(OC)cc1/C=C/C(=O)N1CCN(c2ccccc2Cl)CC1. The van der Waals surface area contributed by atoms with Crippen LogP contribution in [0.3, 0.4) is 0 Å². The molecule has 29 heavy (non-hydrogen) atoms. The minimum atomic E-state index is -0.0411. The molecule has 0 N–H and O–H groups in total. The lowest BCUT2D eigenvalue weighted by Crippen LogP contribution is -2.48. The molecule has 3 rings (SSSR count). The Labute approximate surface area is 176 Å². The van der Waals surface area contributed by atoms with E-state index in [1.54, 1.807) is 45.6 Å². The Morgan fingerprint density at radius 1 is 0.931 bits per heavy atom. The van der Waals surface area contributed by atoms with Crippen molar-refractivity contribution in [3.05, 3.63) is 53.1 Å². The Morgan fingerprint density at radius 3 is 2.17 bits per heavy atom. The number of methoxy groups -OCH3 is 3. The second-order valence-electron chi connectivity index (χ2n) is 6.55. The molecule has 0 aromatic heterocycles. The average molecular weight is 417 g/mol. The molecule has 0 spiro atoms. The first-order valence-corrected chi connectivity index (χ1v) is 9.71. The molecule has 0 bridgehead atoms. The Hall–Kier alpha value is -2.86. The maximum absolute atomic E-state index is 12.7. The van der Waals surface area contributed by atoms with Crippen LogP contribution in [0.15, 0.2) is 42.5 Å². The zero-order chi connectivity index (χ0) is 20.8. The number of halogens is 1. The number of carbonyl (C=O) groups excluding carboxylic acids is 1. The zero-order valence-corrected chi connectivity index (χ0v) is 17.6. The minimum absolute atomic E-state index is 0.0411. The van der Waals surface area contributed by atoms with Gasteiger partial charge in [-0.1, -0.05) is 23.7 Å². The molecule has 0 saturated carbocycles. The van der Waals surface area contributed by atoms with E-state index in [1.807, 2.05) is 29.2 Å². The topological polar surface area (TPSA) is 51.2 Å². The number of rotatable bonds is 6. The molecular formula is C22H25ClN2O4. The van der Waals surface area contributed by atoms with Gasteiger partial charge in [-0.3, -0.25) is 4.79 Å². The molecule has 0 unspecified atom stereocenters. The van der Waals surface area contributed by atoms with Gasteiger partial charge in [-0.2, -0.15) is 0 Å². The number of amides is 1. The van der Waals surface area contributed by atoms with E-state index in [0.717, 1.165) is 29.4 Å². The first kappa shape index (κ1) is 20.9. The van der Waals surface area contributed by atoms with Crippen molar-refractivity contribution >= 4 is 29.3 Å². The van der Waals surface area contributed by atoms with Crippen molar-refractivity contribution in [2.45, 2.75) is 0 Å². The van der Waals surface area contributed by atoms with Gasteiger partial charge in [0.25, 0.3) is 0 Å². The van der Waals surface area contributed by atoms with Crippen molar-refractivity contribution in [3.8, 4) is 17.2 Å². The number of piperazine rings is 1. The van der Waals surface area contributed by atoms with Crippen molar-refractivity contribution in [1.82, 2.24) is 4.90 Å². The minimum Gasteiger partial charge on any atom is -0.496 e. The van der Waals surface area contributed by atoms with E-state index >= 15 is 0 Å². The van der Waals surface area contributed by atoms with Gasteiger partial charge in [0.1, 0.15) is 5.75 Å². The fourth-order valence-corrected chi connectivity index (χ4v) is 3.58. The van der Waals surface area contributed by atoms with Gasteiger partial charge in [0.15, 0.2) is 11.5 Å².